The van der Waals surface area contributed by atoms with Crippen molar-refractivity contribution in [3.05, 3.63) is 118 Å². The van der Waals surface area contributed by atoms with Crippen LogP contribution in [0.5, 0.6) is 0 Å². The summed E-state index contributed by atoms with van der Waals surface area (Å²) in [6.07, 6.45) is 6.91. The van der Waals surface area contributed by atoms with Gasteiger partial charge in [0.05, 0.1) is 0 Å². The molecule has 0 aromatic heterocycles. The summed E-state index contributed by atoms with van der Waals surface area (Å²) < 4.78 is 0. The zero-order chi connectivity index (χ0) is 24.0. The standard InChI is InChI=1S/C36H26/c1-21-17-25-13-15-28-32(24-11-7-4-8-12-24)30-20-22(2)18-26-14-16-27-31(23-9-5-3-6-10-23)29(19-21)33(25)35(28)36(27)34(26)30/h3-13,15-18,20H,14,19H2,1-2H3. The highest BCUT2D eigenvalue weighted by atomic mass is 14.3. The van der Waals surface area contributed by atoms with Gasteiger partial charge in [-0.1, -0.05) is 108 Å². The zero-order valence-corrected chi connectivity index (χ0v) is 20.7. The van der Waals surface area contributed by atoms with Crippen LogP contribution in [0.25, 0.3) is 66.7 Å². The second-order valence-corrected chi connectivity index (χ2v) is 10.6. The first-order chi connectivity index (χ1) is 17.7. The minimum Gasteiger partial charge on any atom is -0.0716 e. The third-order valence-electron chi connectivity index (χ3n) is 8.29. The van der Waals surface area contributed by atoms with E-state index in [4.69, 9.17) is 0 Å². The van der Waals surface area contributed by atoms with Gasteiger partial charge in [-0.3, -0.25) is 0 Å². The first-order valence-electron chi connectivity index (χ1n) is 13.0. The second-order valence-electron chi connectivity index (χ2n) is 10.6. The van der Waals surface area contributed by atoms with E-state index in [0.29, 0.717) is 0 Å². The van der Waals surface area contributed by atoms with E-state index in [1.807, 2.05) is 0 Å². The average Bonchev–Trinajstić information content (AvgIpc) is 2.90. The molecule has 0 fully saturated rings. The highest BCUT2D eigenvalue weighted by molar-refractivity contribution is 6.31. The topological polar surface area (TPSA) is 0 Å². The number of hydrogen-bond donors (Lipinski definition) is 0. The summed E-state index contributed by atoms with van der Waals surface area (Å²) in [6.45, 7) is 4.53. The fraction of sp³-hybridized carbons (Fsp3) is 0.111. The molecule has 170 valence electrons. The molecule has 0 heteroatoms. The molecule has 6 aromatic rings. The van der Waals surface area contributed by atoms with Crippen molar-refractivity contribution in [2.45, 2.75) is 26.7 Å². The molecular formula is C36H26. The lowest BCUT2D eigenvalue weighted by molar-refractivity contribution is 1.16. The minimum atomic E-state index is 0.980. The fourth-order valence-electron chi connectivity index (χ4n) is 7.04. The van der Waals surface area contributed by atoms with Gasteiger partial charge in [0.25, 0.3) is 0 Å². The first-order valence-corrected chi connectivity index (χ1v) is 13.0. The number of benzene rings is 6. The van der Waals surface area contributed by atoms with Crippen molar-refractivity contribution < 1.29 is 0 Å². The Balaban J connectivity index is 1.72. The van der Waals surface area contributed by atoms with Crippen molar-refractivity contribution >= 4 is 44.5 Å². The molecule has 0 bridgehead atoms. The molecule has 0 heterocycles. The van der Waals surface area contributed by atoms with Crippen molar-refractivity contribution in [1.29, 1.82) is 0 Å². The molecule has 0 unspecified atom stereocenters. The smallest absolute Gasteiger partial charge is 0.00108 e. The van der Waals surface area contributed by atoms with Crippen molar-refractivity contribution in [3.63, 3.8) is 0 Å². The quantitative estimate of drug-likeness (QED) is 0.180. The van der Waals surface area contributed by atoms with E-state index < -0.39 is 0 Å². The van der Waals surface area contributed by atoms with Crippen molar-refractivity contribution in [1.82, 2.24) is 0 Å². The number of aryl methyl sites for hydroxylation is 1. The summed E-state index contributed by atoms with van der Waals surface area (Å²) in [5.41, 5.74) is 12.5. The highest BCUT2D eigenvalue weighted by Gasteiger charge is 2.27. The van der Waals surface area contributed by atoms with Crippen LogP contribution in [0, 0.1) is 6.92 Å². The maximum atomic E-state index is 2.51. The zero-order valence-electron chi connectivity index (χ0n) is 20.7. The van der Waals surface area contributed by atoms with Crippen LogP contribution >= 0.6 is 0 Å². The van der Waals surface area contributed by atoms with Gasteiger partial charge in [-0.2, -0.15) is 0 Å². The normalized spacial score (nSPS) is 14.0. The molecule has 0 spiro atoms. The van der Waals surface area contributed by atoms with Gasteiger partial charge in [0.15, 0.2) is 0 Å². The van der Waals surface area contributed by atoms with E-state index in [1.165, 1.54) is 87.6 Å². The molecule has 0 saturated heterocycles. The van der Waals surface area contributed by atoms with Crippen LogP contribution in [0.3, 0.4) is 0 Å². The van der Waals surface area contributed by atoms with E-state index in [2.05, 4.69) is 111 Å². The van der Waals surface area contributed by atoms with E-state index in [9.17, 15) is 0 Å². The molecule has 0 amide bonds. The number of rotatable bonds is 2. The van der Waals surface area contributed by atoms with Crippen molar-refractivity contribution in [3.8, 4) is 22.3 Å². The summed E-state index contributed by atoms with van der Waals surface area (Å²) in [7, 11) is 0. The predicted octanol–water partition coefficient (Wildman–Crippen LogP) is 8.80. The Labute approximate surface area is 211 Å². The van der Waals surface area contributed by atoms with Gasteiger partial charge in [0, 0.05) is 0 Å². The average molecular weight is 459 g/mol. The van der Waals surface area contributed by atoms with Crippen LogP contribution in [0.15, 0.2) is 90.5 Å². The van der Waals surface area contributed by atoms with Crippen LogP contribution in [-0.4, -0.2) is 0 Å². The molecule has 2 aliphatic carbocycles. The third-order valence-corrected chi connectivity index (χ3v) is 8.29. The van der Waals surface area contributed by atoms with Gasteiger partial charge in [-0.15, -0.1) is 0 Å². The minimum absolute atomic E-state index is 0.980. The van der Waals surface area contributed by atoms with Gasteiger partial charge < -0.3 is 0 Å². The van der Waals surface area contributed by atoms with Gasteiger partial charge in [0.2, 0.25) is 0 Å². The van der Waals surface area contributed by atoms with Gasteiger partial charge in [-0.25, -0.2) is 0 Å². The lowest BCUT2D eigenvalue weighted by Crippen LogP contribution is -2.18. The molecule has 0 nitrogen and oxygen atoms in total. The fourth-order valence-corrected chi connectivity index (χ4v) is 7.04. The van der Waals surface area contributed by atoms with E-state index in [0.717, 1.165) is 12.8 Å². The molecule has 0 saturated carbocycles. The van der Waals surface area contributed by atoms with E-state index >= 15 is 0 Å². The molecule has 2 aliphatic rings. The number of hydrogen-bond acceptors (Lipinski definition) is 0. The van der Waals surface area contributed by atoms with Crippen molar-refractivity contribution in [2.24, 2.45) is 0 Å². The van der Waals surface area contributed by atoms with E-state index in [1.54, 1.807) is 0 Å². The van der Waals surface area contributed by atoms with Crippen LogP contribution in [0.4, 0.5) is 0 Å². The predicted molar refractivity (Wildman–Crippen MR) is 155 cm³/mol. The second kappa shape index (κ2) is 7.18. The maximum absolute atomic E-state index is 2.51. The Kier molecular flexibility index (Phi) is 4.00. The summed E-state index contributed by atoms with van der Waals surface area (Å²) in [6, 6.07) is 31.7. The van der Waals surface area contributed by atoms with Crippen LogP contribution < -0.4 is 5.22 Å². The summed E-state index contributed by atoms with van der Waals surface area (Å²) in [5, 5.41) is 10.0. The number of allylic oxidation sites excluding steroid dienone is 1. The van der Waals surface area contributed by atoms with Crippen LogP contribution in [0.1, 0.15) is 29.2 Å². The van der Waals surface area contributed by atoms with Crippen molar-refractivity contribution in [2.75, 3.05) is 0 Å². The lowest BCUT2D eigenvalue weighted by Gasteiger charge is -2.28. The SMILES string of the molecule is CC1=Cc2ccc3c(-c4ccccc4)c4cc(C)cc5c4c4c(c(-c6ccccc6)c(c2c34)C1)=CC5. The van der Waals surface area contributed by atoms with Gasteiger partial charge in [-0.05, 0) is 103 Å². The summed E-state index contributed by atoms with van der Waals surface area (Å²) in [5.74, 6) is 0. The Morgan fingerprint density at radius 3 is 2.08 bits per heavy atom. The molecule has 0 radical (unpaired) electrons. The van der Waals surface area contributed by atoms with Gasteiger partial charge in [0.1, 0.15) is 0 Å². The molecule has 0 atom stereocenters. The summed E-state index contributed by atoms with van der Waals surface area (Å²) in [4.78, 5) is 0. The largest absolute Gasteiger partial charge is 0.0716 e. The molecule has 0 N–H and O–H groups in total. The Bertz CT molecular complexity index is 1970. The summed E-state index contributed by atoms with van der Waals surface area (Å²) >= 11 is 0. The first kappa shape index (κ1) is 20.1. The Morgan fingerprint density at radius 1 is 0.611 bits per heavy atom. The van der Waals surface area contributed by atoms with Crippen LogP contribution in [-0.2, 0) is 12.8 Å². The third kappa shape index (κ3) is 2.59. The maximum Gasteiger partial charge on any atom is -0.00108 e. The molecule has 36 heavy (non-hydrogen) atoms. The lowest BCUT2D eigenvalue weighted by atomic mass is 9.75. The molecule has 6 aromatic carbocycles. The highest BCUT2D eigenvalue weighted by Crippen LogP contribution is 2.48. The molecule has 0 aliphatic heterocycles. The molecular weight excluding hydrogens is 432 g/mol. The Hall–Kier alpha value is -4.16. The monoisotopic (exact) mass is 458 g/mol. The van der Waals surface area contributed by atoms with Crippen LogP contribution in [0.2, 0.25) is 0 Å². The Morgan fingerprint density at radius 2 is 1.33 bits per heavy atom. The van der Waals surface area contributed by atoms with E-state index in [-0.39, 0.29) is 0 Å². The molecule has 8 rings (SSSR count). The van der Waals surface area contributed by atoms with Gasteiger partial charge >= 0.3 is 0 Å².